The van der Waals surface area contributed by atoms with E-state index in [2.05, 4.69) is 10.6 Å². The highest BCUT2D eigenvalue weighted by Gasteiger charge is 2.18. The standard InChI is InChI=1S/C16H14N2O3/c19-13-5-1-10(2-6-13)9-17-16(21)12-4-3-11-8-15(20)18-14(11)7-12/h1-7,19H,8-9H2,(H,17,21)(H,18,20). The molecule has 0 fully saturated rings. The highest BCUT2D eigenvalue weighted by molar-refractivity contribution is 6.02. The first kappa shape index (κ1) is 13.2. The van der Waals surface area contributed by atoms with Crippen molar-refractivity contribution in [3.63, 3.8) is 0 Å². The van der Waals surface area contributed by atoms with Crippen LogP contribution in [0.4, 0.5) is 5.69 Å². The van der Waals surface area contributed by atoms with Crippen molar-refractivity contribution in [1.29, 1.82) is 0 Å². The fourth-order valence-corrected chi connectivity index (χ4v) is 2.25. The van der Waals surface area contributed by atoms with Crippen molar-refractivity contribution in [2.24, 2.45) is 0 Å². The molecule has 0 spiro atoms. The van der Waals surface area contributed by atoms with Crippen molar-refractivity contribution in [3.8, 4) is 5.75 Å². The number of amides is 2. The van der Waals surface area contributed by atoms with E-state index in [0.29, 0.717) is 24.2 Å². The molecule has 0 atom stereocenters. The van der Waals surface area contributed by atoms with E-state index in [0.717, 1.165) is 11.1 Å². The predicted molar refractivity (Wildman–Crippen MR) is 78.1 cm³/mol. The minimum Gasteiger partial charge on any atom is -0.508 e. The van der Waals surface area contributed by atoms with Gasteiger partial charge in [-0.2, -0.15) is 0 Å². The number of nitrogens with one attached hydrogen (secondary N) is 2. The number of benzene rings is 2. The van der Waals surface area contributed by atoms with E-state index in [1.54, 1.807) is 42.5 Å². The van der Waals surface area contributed by atoms with E-state index < -0.39 is 0 Å². The third kappa shape index (κ3) is 2.86. The summed E-state index contributed by atoms with van der Waals surface area (Å²) in [6.07, 6.45) is 0.366. The van der Waals surface area contributed by atoms with Gasteiger partial charge < -0.3 is 15.7 Å². The molecule has 0 saturated heterocycles. The molecule has 0 saturated carbocycles. The number of carbonyl (C=O) groups is 2. The maximum atomic E-state index is 12.1. The highest BCUT2D eigenvalue weighted by atomic mass is 16.3. The Labute approximate surface area is 121 Å². The molecule has 106 valence electrons. The molecule has 5 heteroatoms. The van der Waals surface area contributed by atoms with E-state index in [-0.39, 0.29) is 17.6 Å². The van der Waals surface area contributed by atoms with Crippen molar-refractivity contribution >= 4 is 17.5 Å². The summed E-state index contributed by atoms with van der Waals surface area (Å²) in [6.45, 7) is 0.378. The fourth-order valence-electron chi connectivity index (χ4n) is 2.25. The number of rotatable bonds is 3. The maximum absolute atomic E-state index is 12.1. The van der Waals surface area contributed by atoms with E-state index in [9.17, 15) is 14.7 Å². The molecule has 21 heavy (non-hydrogen) atoms. The van der Waals surface area contributed by atoms with Crippen molar-refractivity contribution in [2.45, 2.75) is 13.0 Å². The van der Waals surface area contributed by atoms with Crippen LogP contribution in [0.3, 0.4) is 0 Å². The average molecular weight is 282 g/mol. The third-order valence-electron chi connectivity index (χ3n) is 3.39. The molecule has 2 aromatic rings. The van der Waals surface area contributed by atoms with Crippen molar-refractivity contribution in [2.75, 3.05) is 5.32 Å². The van der Waals surface area contributed by atoms with E-state index in [1.165, 1.54) is 0 Å². The molecule has 1 heterocycles. The summed E-state index contributed by atoms with van der Waals surface area (Å²) < 4.78 is 0. The van der Waals surface area contributed by atoms with Gasteiger partial charge in [0.05, 0.1) is 6.42 Å². The number of fused-ring (bicyclic) bond motifs is 1. The lowest BCUT2D eigenvalue weighted by Gasteiger charge is -2.07. The summed E-state index contributed by atoms with van der Waals surface area (Å²) in [4.78, 5) is 23.4. The Balaban J connectivity index is 1.67. The third-order valence-corrected chi connectivity index (χ3v) is 3.39. The number of anilines is 1. The van der Waals surface area contributed by atoms with Gasteiger partial charge in [-0.15, -0.1) is 0 Å². The quantitative estimate of drug-likeness (QED) is 0.803. The fraction of sp³-hybridized carbons (Fsp3) is 0.125. The first-order valence-corrected chi connectivity index (χ1v) is 6.61. The number of phenolic OH excluding ortho intramolecular Hbond substituents is 1. The van der Waals surface area contributed by atoms with Gasteiger partial charge in [-0.05, 0) is 35.4 Å². The second kappa shape index (κ2) is 5.28. The van der Waals surface area contributed by atoms with Crippen molar-refractivity contribution < 1.29 is 14.7 Å². The van der Waals surface area contributed by atoms with Gasteiger partial charge in [-0.3, -0.25) is 9.59 Å². The molecule has 0 unspecified atom stereocenters. The van der Waals surface area contributed by atoms with Gasteiger partial charge in [-0.1, -0.05) is 18.2 Å². The average Bonchev–Trinajstić information content (AvgIpc) is 2.85. The second-order valence-corrected chi connectivity index (χ2v) is 4.95. The summed E-state index contributed by atoms with van der Waals surface area (Å²) in [5, 5.41) is 14.7. The van der Waals surface area contributed by atoms with Gasteiger partial charge in [0.15, 0.2) is 0 Å². The number of carbonyl (C=O) groups excluding carboxylic acids is 2. The topological polar surface area (TPSA) is 78.4 Å². The Hall–Kier alpha value is -2.82. The molecule has 0 aromatic heterocycles. The summed E-state index contributed by atoms with van der Waals surface area (Å²) in [5.41, 5.74) is 3.03. The Morgan fingerprint density at radius 1 is 1.19 bits per heavy atom. The van der Waals surface area contributed by atoms with Gasteiger partial charge >= 0.3 is 0 Å². The zero-order chi connectivity index (χ0) is 14.8. The highest BCUT2D eigenvalue weighted by Crippen LogP contribution is 2.24. The SMILES string of the molecule is O=C1Cc2ccc(C(=O)NCc3ccc(O)cc3)cc2N1. The van der Waals surface area contributed by atoms with Crippen molar-refractivity contribution in [1.82, 2.24) is 5.32 Å². The molecule has 3 N–H and O–H groups in total. The number of phenols is 1. The van der Waals surface area contributed by atoms with Crippen LogP contribution in [0, 0.1) is 0 Å². The Morgan fingerprint density at radius 3 is 2.71 bits per heavy atom. The lowest BCUT2D eigenvalue weighted by molar-refractivity contribution is -0.115. The smallest absolute Gasteiger partial charge is 0.251 e. The van der Waals surface area contributed by atoms with Gasteiger partial charge in [0.2, 0.25) is 5.91 Å². The summed E-state index contributed by atoms with van der Waals surface area (Å²) in [7, 11) is 0. The number of aromatic hydroxyl groups is 1. The van der Waals surface area contributed by atoms with Crippen molar-refractivity contribution in [3.05, 3.63) is 59.2 Å². The van der Waals surface area contributed by atoms with Crippen LogP contribution in [0.15, 0.2) is 42.5 Å². The summed E-state index contributed by atoms with van der Waals surface area (Å²) in [6, 6.07) is 11.8. The van der Waals surface area contributed by atoms with E-state index in [4.69, 9.17) is 0 Å². The van der Waals surface area contributed by atoms with Gasteiger partial charge in [0.25, 0.3) is 5.91 Å². The minimum atomic E-state index is -0.202. The minimum absolute atomic E-state index is 0.0494. The molecule has 2 amide bonds. The zero-order valence-electron chi connectivity index (χ0n) is 11.2. The molecular weight excluding hydrogens is 268 g/mol. The van der Waals surface area contributed by atoms with Gasteiger partial charge in [-0.25, -0.2) is 0 Å². The van der Waals surface area contributed by atoms with Crippen LogP contribution in [0.1, 0.15) is 21.5 Å². The van der Waals surface area contributed by atoms with Gasteiger partial charge in [0, 0.05) is 17.8 Å². The second-order valence-electron chi connectivity index (χ2n) is 4.95. The Morgan fingerprint density at radius 2 is 1.95 bits per heavy atom. The molecule has 0 bridgehead atoms. The molecule has 0 aliphatic carbocycles. The number of hydrogen-bond donors (Lipinski definition) is 3. The first-order chi connectivity index (χ1) is 10.1. The largest absolute Gasteiger partial charge is 0.508 e. The van der Waals surface area contributed by atoms with Gasteiger partial charge in [0.1, 0.15) is 5.75 Å². The molecule has 3 rings (SSSR count). The summed E-state index contributed by atoms with van der Waals surface area (Å²) in [5.74, 6) is -0.0573. The molecular formula is C16H14N2O3. The van der Waals surface area contributed by atoms with Crippen LogP contribution in [-0.2, 0) is 17.8 Å². The normalized spacial score (nSPS) is 12.7. The summed E-state index contributed by atoms with van der Waals surface area (Å²) >= 11 is 0. The maximum Gasteiger partial charge on any atom is 0.251 e. The van der Waals surface area contributed by atoms with Crippen LogP contribution >= 0.6 is 0 Å². The molecule has 2 aromatic carbocycles. The van der Waals surface area contributed by atoms with Crippen LogP contribution in [0.5, 0.6) is 5.75 Å². The predicted octanol–water partition coefficient (Wildman–Crippen LogP) is 1.82. The van der Waals surface area contributed by atoms with E-state index in [1.807, 2.05) is 0 Å². The van der Waals surface area contributed by atoms with Crippen LogP contribution in [-0.4, -0.2) is 16.9 Å². The van der Waals surface area contributed by atoms with Crippen LogP contribution < -0.4 is 10.6 Å². The molecule has 1 aliphatic rings. The first-order valence-electron chi connectivity index (χ1n) is 6.61. The van der Waals surface area contributed by atoms with Crippen LogP contribution in [0.25, 0.3) is 0 Å². The molecule has 5 nitrogen and oxygen atoms in total. The lowest BCUT2D eigenvalue weighted by Crippen LogP contribution is -2.22. The number of hydrogen-bond acceptors (Lipinski definition) is 3. The molecule has 1 aliphatic heterocycles. The Kier molecular flexibility index (Phi) is 3.31. The zero-order valence-corrected chi connectivity index (χ0v) is 11.2. The van der Waals surface area contributed by atoms with Crippen LogP contribution in [0.2, 0.25) is 0 Å². The monoisotopic (exact) mass is 282 g/mol. The van der Waals surface area contributed by atoms with E-state index >= 15 is 0 Å². The Bertz CT molecular complexity index is 708. The molecule has 0 radical (unpaired) electrons. The lowest BCUT2D eigenvalue weighted by atomic mass is 10.1.